The Labute approximate surface area is 194 Å². The molecule has 0 aliphatic carbocycles. The zero-order chi connectivity index (χ0) is 22.7. The summed E-state index contributed by atoms with van der Waals surface area (Å²) in [4.78, 5) is 44.2. The zero-order valence-electron chi connectivity index (χ0n) is 17.6. The van der Waals surface area contributed by atoms with Crippen molar-refractivity contribution in [2.75, 3.05) is 25.4 Å². The van der Waals surface area contributed by atoms with Gasteiger partial charge in [0.05, 0.1) is 28.9 Å². The summed E-state index contributed by atoms with van der Waals surface area (Å²) >= 11 is 7.24. The lowest BCUT2D eigenvalue weighted by Gasteiger charge is -2.16. The molecule has 32 heavy (non-hydrogen) atoms. The number of aromatic nitrogens is 2. The van der Waals surface area contributed by atoms with Crippen molar-refractivity contribution in [1.82, 2.24) is 19.8 Å². The summed E-state index contributed by atoms with van der Waals surface area (Å²) in [5, 5.41) is 3.98. The average Bonchev–Trinajstić information content (AvgIpc) is 3.31. The molecule has 1 saturated heterocycles. The Hall–Kier alpha value is -2.84. The minimum absolute atomic E-state index is 0.0230. The second-order valence-electron chi connectivity index (χ2n) is 7.69. The molecule has 0 bridgehead atoms. The molecule has 2 aromatic carbocycles. The largest absolute Gasteiger partial charge is 0.346 e. The van der Waals surface area contributed by atoms with E-state index in [9.17, 15) is 14.4 Å². The van der Waals surface area contributed by atoms with Crippen molar-refractivity contribution < 1.29 is 9.59 Å². The summed E-state index contributed by atoms with van der Waals surface area (Å²) in [6.45, 7) is 3.41. The van der Waals surface area contributed by atoms with Gasteiger partial charge in [-0.05, 0) is 55.7 Å². The van der Waals surface area contributed by atoms with E-state index in [0.29, 0.717) is 26.8 Å². The van der Waals surface area contributed by atoms with Crippen LogP contribution in [0.15, 0.2) is 52.4 Å². The van der Waals surface area contributed by atoms with Gasteiger partial charge in [0.2, 0.25) is 11.8 Å². The van der Waals surface area contributed by atoms with Crippen molar-refractivity contribution in [3.8, 4) is 5.69 Å². The molecule has 0 atom stereocenters. The van der Waals surface area contributed by atoms with Crippen molar-refractivity contribution in [3.05, 3.63) is 63.4 Å². The number of fused-ring (bicyclic) bond motifs is 1. The fourth-order valence-corrected chi connectivity index (χ4v) is 4.67. The molecule has 0 spiro atoms. The van der Waals surface area contributed by atoms with Gasteiger partial charge in [-0.25, -0.2) is 4.98 Å². The van der Waals surface area contributed by atoms with Crippen molar-refractivity contribution in [1.29, 1.82) is 0 Å². The van der Waals surface area contributed by atoms with E-state index < -0.39 is 0 Å². The summed E-state index contributed by atoms with van der Waals surface area (Å²) in [5.41, 5.74) is 1.91. The highest BCUT2D eigenvalue weighted by atomic mass is 35.5. The Bertz CT molecular complexity index is 1240. The van der Waals surface area contributed by atoms with E-state index in [2.05, 4.69) is 10.3 Å². The lowest BCUT2D eigenvalue weighted by Crippen LogP contribution is -2.39. The number of rotatable bonds is 6. The number of hydrogen-bond donors (Lipinski definition) is 1. The maximum Gasteiger partial charge on any atom is 0.266 e. The molecule has 1 N–H and O–H groups in total. The highest BCUT2D eigenvalue weighted by Crippen LogP contribution is 2.23. The third kappa shape index (κ3) is 4.97. The van der Waals surface area contributed by atoms with E-state index in [4.69, 9.17) is 11.6 Å². The summed E-state index contributed by atoms with van der Waals surface area (Å²) in [6, 6.07) is 12.5. The molecular formula is C23H23ClN4O3S. The van der Waals surface area contributed by atoms with E-state index in [1.54, 1.807) is 23.1 Å². The van der Waals surface area contributed by atoms with Crippen LogP contribution >= 0.6 is 23.4 Å². The molecule has 2 heterocycles. The van der Waals surface area contributed by atoms with Crippen molar-refractivity contribution in [3.63, 3.8) is 0 Å². The number of benzene rings is 2. The third-order valence-corrected chi connectivity index (χ3v) is 6.46. The van der Waals surface area contributed by atoms with Gasteiger partial charge in [-0.3, -0.25) is 19.0 Å². The van der Waals surface area contributed by atoms with E-state index in [1.807, 2.05) is 31.2 Å². The first-order chi connectivity index (χ1) is 15.4. The van der Waals surface area contributed by atoms with Crippen LogP contribution in [0.3, 0.4) is 0 Å². The first-order valence-electron chi connectivity index (χ1n) is 10.4. The van der Waals surface area contributed by atoms with Crippen LogP contribution in [0.25, 0.3) is 16.6 Å². The topological polar surface area (TPSA) is 84.3 Å². The quantitative estimate of drug-likeness (QED) is 0.442. The van der Waals surface area contributed by atoms with Crippen LogP contribution in [0.2, 0.25) is 5.02 Å². The molecular weight excluding hydrogens is 448 g/mol. The Morgan fingerprint density at radius 3 is 2.69 bits per heavy atom. The first-order valence-corrected chi connectivity index (χ1v) is 11.8. The Morgan fingerprint density at radius 2 is 1.94 bits per heavy atom. The van der Waals surface area contributed by atoms with Crippen molar-refractivity contribution >= 4 is 46.1 Å². The van der Waals surface area contributed by atoms with Gasteiger partial charge >= 0.3 is 0 Å². The van der Waals surface area contributed by atoms with Crippen molar-refractivity contribution in [2.24, 2.45) is 0 Å². The van der Waals surface area contributed by atoms with Crippen LogP contribution in [0.1, 0.15) is 18.4 Å². The summed E-state index contributed by atoms with van der Waals surface area (Å²) in [5.74, 6) is -0.341. The lowest BCUT2D eigenvalue weighted by atomic mass is 10.2. The maximum atomic E-state index is 13.3. The predicted molar refractivity (Wildman–Crippen MR) is 127 cm³/mol. The van der Waals surface area contributed by atoms with E-state index in [-0.39, 0.29) is 29.7 Å². The van der Waals surface area contributed by atoms with Gasteiger partial charge in [-0.15, -0.1) is 0 Å². The number of carbonyl (C=O) groups is 2. The van der Waals surface area contributed by atoms with Crippen LogP contribution in [0.4, 0.5) is 0 Å². The second kappa shape index (κ2) is 9.75. The zero-order valence-corrected chi connectivity index (χ0v) is 19.2. The normalized spacial score (nSPS) is 13.5. The van der Waals surface area contributed by atoms with Crippen LogP contribution in [0, 0.1) is 6.92 Å². The number of aryl methyl sites for hydroxylation is 1. The number of amides is 2. The molecule has 1 aliphatic rings. The van der Waals surface area contributed by atoms with Crippen molar-refractivity contribution in [2.45, 2.75) is 24.9 Å². The monoisotopic (exact) mass is 470 g/mol. The van der Waals surface area contributed by atoms with Gasteiger partial charge in [0.15, 0.2) is 5.16 Å². The highest BCUT2D eigenvalue weighted by molar-refractivity contribution is 7.99. The standard InChI is InChI=1S/C23H23ClN4O3S/c1-15-5-4-6-17(11-15)28-22(31)18-8-7-16(24)12-19(18)26-23(28)32-14-20(29)25-13-21(30)27-9-2-3-10-27/h4-8,11-12H,2-3,9-10,13-14H2,1H3,(H,25,29). The van der Waals surface area contributed by atoms with E-state index in [1.165, 1.54) is 4.57 Å². The minimum atomic E-state index is -0.293. The predicted octanol–water partition coefficient (Wildman–Crippen LogP) is 3.18. The van der Waals surface area contributed by atoms with Gasteiger partial charge in [-0.2, -0.15) is 0 Å². The molecule has 1 aliphatic heterocycles. The van der Waals surface area contributed by atoms with Gasteiger partial charge in [-0.1, -0.05) is 35.5 Å². The fourth-order valence-electron chi connectivity index (χ4n) is 3.66. The summed E-state index contributed by atoms with van der Waals surface area (Å²) in [7, 11) is 0. The number of nitrogens with one attached hydrogen (secondary N) is 1. The number of hydrogen-bond acceptors (Lipinski definition) is 5. The SMILES string of the molecule is Cc1cccc(-n2c(SCC(=O)NCC(=O)N3CCCC3)nc3cc(Cl)ccc3c2=O)c1. The number of halogens is 1. The molecule has 0 saturated carbocycles. The molecule has 0 radical (unpaired) electrons. The number of thioether (sulfide) groups is 1. The second-order valence-corrected chi connectivity index (χ2v) is 9.07. The number of carbonyl (C=O) groups excluding carboxylic acids is 2. The lowest BCUT2D eigenvalue weighted by molar-refractivity contribution is -0.131. The van der Waals surface area contributed by atoms with Crippen LogP contribution in [-0.2, 0) is 9.59 Å². The highest BCUT2D eigenvalue weighted by Gasteiger charge is 2.19. The Morgan fingerprint density at radius 1 is 1.16 bits per heavy atom. The van der Waals surface area contributed by atoms with Gasteiger partial charge in [0.25, 0.3) is 5.56 Å². The van der Waals surface area contributed by atoms with Crippen LogP contribution in [-0.4, -0.2) is 51.7 Å². The molecule has 0 unspecified atom stereocenters. The van der Waals surface area contributed by atoms with Gasteiger partial charge < -0.3 is 10.2 Å². The number of nitrogens with zero attached hydrogens (tertiary/aromatic N) is 3. The molecule has 7 nitrogen and oxygen atoms in total. The maximum absolute atomic E-state index is 13.3. The summed E-state index contributed by atoms with van der Waals surface area (Å²) in [6.07, 6.45) is 2.01. The van der Waals surface area contributed by atoms with Crippen LogP contribution in [0.5, 0.6) is 0 Å². The Balaban J connectivity index is 1.57. The Kier molecular flexibility index (Phi) is 6.81. The van der Waals surface area contributed by atoms with E-state index >= 15 is 0 Å². The van der Waals surface area contributed by atoms with E-state index in [0.717, 1.165) is 43.3 Å². The van der Waals surface area contributed by atoms with Gasteiger partial charge in [0.1, 0.15) is 0 Å². The van der Waals surface area contributed by atoms with Gasteiger partial charge in [0, 0.05) is 18.1 Å². The summed E-state index contributed by atoms with van der Waals surface area (Å²) < 4.78 is 1.51. The first kappa shape index (κ1) is 22.4. The fraction of sp³-hybridized carbons (Fsp3) is 0.304. The minimum Gasteiger partial charge on any atom is -0.346 e. The third-order valence-electron chi connectivity index (χ3n) is 5.29. The molecule has 166 valence electrons. The number of likely N-dealkylation sites (tertiary alicyclic amines) is 1. The molecule has 4 rings (SSSR count). The molecule has 1 fully saturated rings. The smallest absolute Gasteiger partial charge is 0.266 e. The average molecular weight is 471 g/mol. The van der Waals surface area contributed by atoms with Crippen LogP contribution < -0.4 is 10.9 Å². The molecule has 3 aromatic rings. The molecule has 2 amide bonds. The molecule has 9 heteroatoms. The molecule has 1 aromatic heterocycles.